The highest BCUT2D eigenvalue weighted by Gasteiger charge is 2.44. The Hall–Kier alpha value is -1.38. The average Bonchev–Trinajstić information content (AvgIpc) is 2.65. The minimum atomic E-state index is -4.49. The summed E-state index contributed by atoms with van der Waals surface area (Å²) in [6, 6.07) is 6.27. The monoisotopic (exact) mass is 376 g/mol. The van der Waals surface area contributed by atoms with Crippen LogP contribution in [-0.4, -0.2) is 56.8 Å². The molecule has 0 amide bonds. The maximum absolute atomic E-state index is 13.1. The van der Waals surface area contributed by atoms with Crippen LogP contribution in [-0.2, 0) is 4.74 Å². The van der Waals surface area contributed by atoms with Crippen molar-refractivity contribution in [2.24, 2.45) is 5.92 Å². The van der Waals surface area contributed by atoms with Gasteiger partial charge < -0.3 is 14.8 Å². The van der Waals surface area contributed by atoms with Crippen LogP contribution < -0.4 is 10.1 Å². The van der Waals surface area contributed by atoms with Gasteiger partial charge in [0, 0.05) is 45.4 Å². The largest absolute Gasteiger partial charge is 0.461 e. The highest BCUT2D eigenvalue weighted by molar-refractivity contribution is 5.30. The van der Waals surface area contributed by atoms with Gasteiger partial charge in [-0.25, -0.2) is 0 Å². The maximum atomic E-state index is 13.1. The Morgan fingerprint density at radius 1 is 1.08 bits per heavy atom. The third-order valence-electron chi connectivity index (χ3n) is 4.99. The lowest BCUT2D eigenvalue weighted by Crippen LogP contribution is -2.47. The first-order valence-corrected chi connectivity index (χ1v) is 8.95. The molecule has 0 bridgehead atoms. The number of hydrogen-bond donors (Lipinski definition) is 1. The summed E-state index contributed by atoms with van der Waals surface area (Å²) >= 11 is 0. The summed E-state index contributed by atoms with van der Waals surface area (Å²) in [5.74, 6) is 0.154. The molecule has 0 aliphatic carbocycles. The van der Waals surface area contributed by atoms with Crippen LogP contribution in [0.1, 0.15) is 24.4 Å². The summed E-state index contributed by atoms with van der Waals surface area (Å²) in [5.41, 5.74) is 0.992. The standard InChI is InChI=1S/C18H24F4N2O2/c19-17(20)18(21,22)26-15-3-1-13(2-4-15)16(14-5-11-25-12-6-14)24-9-7-23-8-10-24/h1-4,14,16-17,23H,5-12H2/t16-/m1/s1. The zero-order chi connectivity index (χ0) is 18.6. The number of benzene rings is 1. The van der Waals surface area contributed by atoms with Crippen molar-refractivity contribution in [3.63, 3.8) is 0 Å². The summed E-state index contributed by atoms with van der Waals surface area (Å²) in [6.07, 6.45) is -6.47. The molecule has 4 nitrogen and oxygen atoms in total. The minimum absolute atomic E-state index is 0.158. The Balaban J connectivity index is 1.77. The first kappa shape index (κ1) is 19.4. The van der Waals surface area contributed by atoms with Crippen molar-refractivity contribution in [2.45, 2.75) is 31.4 Å². The van der Waals surface area contributed by atoms with E-state index in [-0.39, 0.29) is 11.8 Å². The molecule has 2 fully saturated rings. The summed E-state index contributed by atoms with van der Waals surface area (Å²) in [6.45, 7) is 5.06. The van der Waals surface area contributed by atoms with E-state index >= 15 is 0 Å². The van der Waals surface area contributed by atoms with Crippen LogP contribution in [0.2, 0.25) is 0 Å². The van der Waals surface area contributed by atoms with E-state index in [1.807, 2.05) is 0 Å². The van der Waals surface area contributed by atoms with Crippen LogP contribution in [0.4, 0.5) is 17.6 Å². The lowest BCUT2D eigenvalue weighted by molar-refractivity contribution is -0.253. The Morgan fingerprint density at radius 3 is 2.27 bits per heavy atom. The molecule has 0 saturated carbocycles. The number of nitrogens with zero attached hydrogens (tertiary/aromatic N) is 1. The molecule has 0 aromatic heterocycles. The fourth-order valence-electron chi connectivity index (χ4n) is 3.71. The molecule has 1 atom stereocenters. The second kappa shape index (κ2) is 8.54. The number of hydrogen-bond acceptors (Lipinski definition) is 4. The van der Waals surface area contributed by atoms with Crippen LogP contribution in [0.5, 0.6) is 5.75 Å². The molecule has 2 aliphatic rings. The quantitative estimate of drug-likeness (QED) is 0.773. The van der Waals surface area contributed by atoms with Crippen molar-refractivity contribution < 1.29 is 27.0 Å². The Bertz CT molecular complexity index is 541. The van der Waals surface area contributed by atoms with Crippen molar-refractivity contribution in [2.75, 3.05) is 39.4 Å². The number of alkyl halides is 4. The maximum Gasteiger partial charge on any atom is 0.461 e. The molecule has 1 N–H and O–H groups in total. The molecule has 0 spiro atoms. The summed E-state index contributed by atoms with van der Waals surface area (Å²) < 4.78 is 60.4. The molecular formula is C18H24F4N2O2. The van der Waals surface area contributed by atoms with E-state index in [9.17, 15) is 17.6 Å². The van der Waals surface area contributed by atoms with Crippen LogP contribution in [0, 0.1) is 5.92 Å². The smallest absolute Gasteiger partial charge is 0.428 e. The third-order valence-corrected chi connectivity index (χ3v) is 4.99. The molecule has 26 heavy (non-hydrogen) atoms. The topological polar surface area (TPSA) is 33.7 Å². The number of ether oxygens (including phenoxy) is 2. The number of nitrogens with one attached hydrogen (secondary N) is 1. The van der Waals surface area contributed by atoms with Gasteiger partial charge in [0.2, 0.25) is 0 Å². The van der Waals surface area contributed by atoms with E-state index in [1.165, 1.54) is 12.1 Å². The first-order valence-electron chi connectivity index (χ1n) is 8.95. The summed E-state index contributed by atoms with van der Waals surface area (Å²) in [7, 11) is 0. The minimum Gasteiger partial charge on any atom is -0.428 e. The van der Waals surface area contributed by atoms with Gasteiger partial charge in [0.05, 0.1) is 0 Å². The average molecular weight is 376 g/mol. The highest BCUT2D eigenvalue weighted by Crippen LogP contribution is 2.36. The van der Waals surface area contributed by atoms with Crippen molar-refractivity contribution in [1.82, 2.24) is 10.2 Å². The molecule has 8 heteroatoms. The van der Waals surface area contributed by atoms with Gasteiger partial charge in [-0.15, -0.1) is 0 Å². The molecule has 1 aromatic rings. The van der Waals surface area contributed by atoms with E-state index in [4.69, 9.17) is 4.74 Å². The van der Waals surface area contributed by atoms with Gasteiger partial charge in [-0.05, 0) is 36.5 Å². The molecule has 146 valence electrons. The lowest BCUT2D eigenvalue weighted by Gasteiger charge is -2.41. The Labute approximate surface area is 150 Å². The van der Waals surface area contributed by atoms with Gasteiger partial charge in [-0.1, -0.05) is 12.1 Å². The number of halogens is 4. The summed E-state index contributed by atoms with van der Waals surface area (Å²) in [4.78, 5) is 2.40. The molecule has 2 saturated heterocycles. The van der Waals surface area contributed by atoms with Gasteiger partial charge in [-0.3, -0.25) is 4.90 Å². The fraction of sp³-hybridized carbons (Fsp3) is 0.667. The van der Waals surface area contributed by atoms with Gasteiger partial charge in [0.1, 0.15) is 5.75 Å². The normalized spacial score (nSPS) is 21.7. The van der Waals surface area contributed by atoms with E-state index in [1.54, 1.807) is 12.1 Å². The molecule has 2 heterocycles. The number of rotatable bonds is 6. The van der Waals surface area contributed by atoms with Crippen molar-refractivity contribution in [3.05, 3.63) is 29.8 Å². The van der Waals surface area contributed by atoms with Gasteiger partial charge in [0.25, 0.3) is 0 Å². The zero-order valence-electron chi connectivity index (χ0n) is 14.5. The SMILES string of the molecule is FC(F)C(F)(F)Oc1ccc([C@H](C2CCOCC2)N2CCNCC2)cc1. The second-order valence-corrected chi connectivity index (χ2v) is 6.71. The Kier molecular flexibility index (Phi) is 6.37. The first-order chi connectivity index (χ1) is 12.5. The molecule has 2 aliphatic heterocycles. The zero-order valence-corrected chi connectivity index (χ0v) is 14.5. The second-order valence-electron chi connectivity index (χ2n) is 6.71. The van der Waals surface area contributed by atoms with Crippen molar-refractivity contribution >= 4 is 0 Å². The Morgan fingerprint density at radius 2 is 1.69 bits per heavy atom. The third kappa shape index (κ3) is 4.66. The summed E-state index contributed by atoms with van der Waals surface area (Å²) in [5, 5.41) is 3.33. The molecular weight excluding hydrogens is 352 g/mol. The van der Waals surface area contributed by atoms with Crippen molar-refractivity contribution in [1.29, 1.82) is 0 Å². The molecule has 3 rings (SSSR count). The van der Waals surface area contributed by atoms with Gasteiger partial charge in [0.15, 0.2) is 0 Å². The number of piperazine rings is 1. The van der Waals surface area contributed by atoms with Crippen LogP contribution in [0.15, 0.2) is 24.3 Å². The van der Waals surface area contributed by atoms with E-state index in [0.29, 0.717) is 5.92 Å². The predicted octanol–water partition coefficient (Wildman–Crippen LogP) is 3.30. The molecule has 0 radical (unpaired) electrons. The fourth-order valence-corrected chi connectivity index (χ4v) is 3.71. The van der Waals surface area contributed by atoms with Crippen LogP contribution >= 0.6 is 0 Å². The predicted molar refractivity (Wildman–Crippen MR) is 88.7 cm³/mol. The van der Waals surface area contributed by atoms with Crippen LogP contribution in [0.3, 0.4) is 0 Å². The highest BCUT2D eigenvalue weighted by atomic mass is 19.3. The lowest BCUT2D eigenvalue weighted by atomic mass is 9.85. The van der Waals surface area contributed by atoms with Crippen molar-refractivity contribution in [3.8, 4) is 5.75 Å². The van der Waals surface area contributed by atoms with Crippen LogP contribution in [0.25, 0.3) is 0 Å². The van der Waals surface area contributed by atoms with Gasteiger partial charge in [-0.2, -0.15) is 17.6 Å². The molecule has 1 aromatic carbocycles. The van der Waals surface area contributed by atoms with E-state index in [2.05, 4.69) is 15.0 Å². The van der Waals surface area contributed by atoms with E-state index < -0.39 is 12.5 Å². The van der Waals surface area contributed by atoms with Gasteiger partial charge >= 0.3 is 12.5 Å². The van der Waals surface area contributed by atoms with E-state index in [0.717, 1.165) is 57.8 Å². The molecule has 0 unspecified atom stereocenters.